The SMILES string of the molecule is C.COC(=O)C(C)CC(C)(C)C(=O)O. The quantitative estimate of drug-likeness (QED) is 0.711. The van der Waals surface area contributed by atoms with Crippen LogP contribution < -0.4 is 0 Å². The number of hydrogen-bond donors (Lipinski definition) is 1. The molecule has 0 aliphatic rings. The van der Waals surface area contributed by atoms with Gasteiger partial charge in [-0.15, -0.1) is 0 Å². The van der Waals surface area contributed by atoms with E-state index in [1.54, 1.807) is 20.8 Å². The molecule has 0 saturated heterocycles. The number of ether oxygens (including phenoxy) is 1. The molecule has 4 nitrogen and oxygen atoms in total. The smallest absolute Gasteiger partial charge is 0.309 e. The Bertz CT molecular complexity index is 208. The van der Waals surface area contributed by atoms with Crippen LogP contribution in [0.4, 0.5) is 0 Å². The van der Waals surface area contributed by atoms with Gasteiger partial charge in [-0.2, -0.15) is 0 Å². The monoisotopic (exact) mass is 204 g/mol. The highest BCUT2D eigenvalue weighted by Gasteiger charge is 2.31. The number of carbonyl (C=O) groups excluding carboxylic acids is 1. The van der Waals surface area contributed by atoms with Crippen LogP contribution in [0.3, 0.4) is 0 Å². The Kier molecular flexibility index (Phi) is 6.19. The van der Waals surface area contributed by atoms with E-state index in [1.807, 2.05) is 0 Å². The van der Waals surface area contributed by atoms with Crippen molar-refractivity contribution in [2.45, 2.75) is 34.6 Å². The van der Waals surface area contributed by atoms with Crippen LogP contribution in [0, 0.1) is 11.3 Å². The van der Waals surface area contributed by atoms with Gasteiger partial charge in [-0.25, -0.2) is 0 Å². The van der Waals surface area contributed by atoms with E-state index in [2.05, 4.69) is 4.74 Å². The van der Waals surface area contributed by atoms with Crippen LogP contribution in [0.2, 0.25) is 0 Å². The lowest BCUT2D eigenvalue weighted by Gasteiger charge is -2.21. The van der Waals surface area contributed by atoms with Crippen LogP contribution in [0.5, 0.6) is 0 Å². The lowest BCUT2D eigenvalue weighted by Crippen LogP contribution is -2.29. The Morgan fingerprint density at radius 3 is 2.14 bits per heavy atom. The summed E-state index contributed by atoms with van der Waals surface area (Å²) in [4.78, 5) is 21.7. The van der Waals surface area contributed by atoms with Crippen molar-refractivity contribution < 1.29 is 19.4 Å². The normalized spacial score (nSPS) is 12.6. The van der Waals surface area contributed by atoms with E-state index in [0.717, 1.165) is 0 Å². The molecule has 0 aliphatic carbocycles. The summed E-state index contributed by atoms with van der Waals surface area (Å²) in [5, 5.41) is 8.79. The van der Waals surface area contributed by atoms with Crippen LogP contribution in [-0.4, -0.2) is 24.2 Å². The van der Waals surface area contributed by atoms with Crippen molar-refractivity contribution in [3.63, 3.8) is 0 Å². The Morgan fingerprint density at radius 2 is 1.86 bits per heavy atom. The molecule has 14 heavy (non-hydrogen) atoms. The van der Waals surface area contributed by atoms with Gasteiger partial charge in [-0.05, 0) is 20.3 Å². The zero-order chi connectivity index (χ0) is 10.6. The summed E-state index contributed by atoms with van der Waals surface area (Å²) in [7, 11) is 1.30. The number of aliphatic carboxylic acids is 1. The summed E-state index contributed by atoms with van der Waals surface area (Å²) in [6, 6.07) is 0. The second-order valence-corrected chi connectivity index (χ2v) is 3.82. The second-order valence-electron chi connectivity index (χ2n) is 3.82. The van der Waals surface area contributed by atoms with Crippen LogP contribution in [-0.2, 0) is 14.3 Å². The van der Waals surface area contributed by atoms with Crippen LogP contribution in [0.1, 0.15) is 34.6 Å². The van der Waals surface area contributed by atoms with Crippen LogP contribution in [0.25, 0.3) is 0 Å². The van der Waals surface area contributed by atoms with Gasteiger partial charge in [0.25, 0.3) is 0 Å². The van der Waals surface area contributed by atoms with Gasteiger partial charge in [0, 0.05) is 0 Å². The van der Waals surface area contributed by atoms with E-state index in [1.165, 1.54) is 7.11 Å². The molecule has 0 fully saturated rings. The minimum absolute atomic E-state index is 0. The first-order valence-corrected chi connectivity index (χ1v) is 4.12. The van der Waals surface area contributed by atoms with E-state index < -0.39 is 11.4 Å². The summed E-state index contributed by atoms with van der Waals surface area (Å²) in [5.41, 5.74) is -0.881. The highest BCUT2D eigenvalue weighted by atomic mass is 16.5. The second kappa shape index (κ2) is 5.62. The molecule has 0 amide bonds. The Hall–Kier alpha value is -1.06. The summed E-state index contributed by atoms with van der Waals surface area (Å²) < 4.78 is 4.51. The molecule has 0 rings (SSSR count). The minimum atomic E-state index is -0.900. The van der Waals surface area contributed by atoms with Gasteiger partial charge in [-0.1, -0.05) is 14.4 Å². The Labute approximate surface area is 85.3 Å². The number of methoxy groups -OCH3 is 1. The van der Waals surface area contributed by atoms with Crippen molar-refractivity contribution >= 4 is 11.9 Å². The van der Waals surface area contributed by atoms with Crippen molar-refractivity contribution in [2.24, 2.45) is 11.3 Å². The van der Waals surface area contributed by atoms with E-state index in [4.69, 9.17) is 5.11 Å². The van der Waals surface area contributed by atoms with Crippen molar-refractivity contribution in [2.75, 3.05) is 7.11 Å². The molecule has 0 spiro atoms. The van der Waals surface area contributed by atoms with Gasteiger partial charge in [0.2, 0.25) is 0 Å². The molecule has 4 heteroatoms. The van der Waals surface area contributed by atoms with E-state index in [-0.39, 0.29) is 25.7 Å². The largest absolute Gasteiger partial charge is 0.481 e. The minimum Gasteiger partial charge on any atom is -0.481 e. The molecule has 1 unspecified atom stereocenters. The molecule has 1 N–H and O–H groups in total. The highest BCUT2D eigenvalue weighted by molar-refractivity contribution is 5.76. The number of carboxylic acids is 1. The molecule has 0 aliphatic heterocycles. The van der Waals surface area contributed by atoms with Crippen molar-refractivity contribution in [1.29, 1.82) is 0 Å². The van der Waals surface area contributed by atoms with Crippen molar-refractivity contribution in [3.8, 4) is 0 Å². The van der Waals surface area contributed by atoms with Gasteiger partial charge >= 0.3 is 11.9 Å². The molecule has 0 aromatic rings. The Balaban J connectivity index is 0. The molecule has 0 bridgehead atoms. The maximum Gasteiger partial charge on any atom is 0.309 e. The van der Waals surface area contributed by atoms with Crippen LogP contribution >= 0.6 is 0 Å². The summed E-state index contributed by atoms with van der Waals surface area (Å²) >= 11 is 0. The third-order valence-corrected chi connectivity index (χ3v) is 2.00. The van der Waals surface area contributed by atoms with Gasteiger partial charge < -0.3 is 9.84 Å². The molecule has 0 heterocycles. The van der Waals surface area contributed by atoms with Gasteiger partial charge in [-0.3, -0.25) is 9.59 Å². The van der Waals surface area contributed by atoms with E-state index in [0.29, 0.717) is 0 Å². The molecule has 84 valence electrons. The molecule has 0 aromatic carbocycles. The zero-order valence-corrected chi connectivity index (χ0v) is 8.46. The fourth-order valence-electron chi connectivity index (χ4n) is 1.14. The first kappa shape index (κ1) is 15.4. The number of carboxylic acid groups (broad SMARTS) is 1. The van der Waals surface area contributed by atoms with E-state index in [9.17, 15) is 9.59 Å². The molecular weight excluding hydrogens is 184 g/mol. The first-order valence-electron chi connectivity index (χ1n) is 4.12. The average Bonchev–Trinajstić information content (AvgIpc) is 2.01. The van der Waals surface area contributed by atoms with Crippen molar-refractivity contribution in [3.05, 3.63) is 0 Å². The highest BCUT2D eigenvalue weighted by Crippen LogP contribution is 2.25. The maximum atomic E-state index is 11.0. The topological polar surface area (TPSA) is 63.6 Å². The molecule has 1 atom stereocenters. The average molecular weight is 204 g/mol. The summed E-state index contributed by atoms with van der Waals surface area (Å²) in [6.07, 6.45) is 0.287. The molecule has 0 aromatic heterocycles. The van der Waals surface area contributed by atoms with Gasteiger partial charge in [0.1, 0.15) is 0 Å². The number of carbonyl (C=O) groups is 2. The summed E-state index contributed by atoms with van der Waals surface area (Å²) in [6.45, 7) is 4.85. The third-order valence-electron chi connectivity index (χ3n) is 2.00. The molecule has 0 saturated carbocycles. The standard InChI is InChI=1S/C9H16O4.CH4/c1-6(7(10)13-4)5-9(2,3)8(11)12;/h6H,5H2,1-4H3,(H,11,12);1H4. The maximum absolute atomic E-state index is 11.0. The number of hydrogen-bond acceptors (Lipinski definition) is 3. The first-order chi connectivity index (χ1) is 5.81. The fraction of sp³-hybridized carbons (Fsp3) is 0.800. The fourth-order valence-corrected chi connectivity index (χ4v) is 1.14. The predicted octanol–water partition coefficient (Wildman–Crippen LogP) is 1.93. The van der Waals surface area contributed by atoms with Gasteiger partial charge in [0.15, 0.2) is 0 Å². The van der Waals surface area contributed by atoms with Crippen LogP contribution in [0.15, 0.2) is 0 Å². The lowest BCUT2D eigenvalue weighted by molar-refractivity contribution is -0.151. The Morgan fingerprint density at radius 1 is 1.43 bits per heavy atom. The summed E-state index contributed by atoms with van der Waals surface area (Å²) in [5.74, 6) is -1.64. The number of esters is 1. The van der Waals surface area contributed by atoms with E-state index >= 15 is 0 Å². The molecular formula is C10H20O4. The number of rotatable bonds is 4. The predicted molar refractivity (Wildman–Crippen MR) is 53.9 cm³/mol. The van der Waals surface area contributed by atoms with Gasteiger partial charge in [0.05, 0.1) is 18.4 Å². The lowest BCUT2D eigenvalue weighted by atomic mass is 9.83. The third kappa shape index (κ3) is 4.25. The molecule has 0 radical (unpaired) electrons. The zero-order valence-electron chi connectivity index (χ0n) is 8.46. The van der Waals surface area contributed by atoms with Crippen molar-refractivity contribution in [1.82, 2.24) is 0 Å².